The second-order valence-electron chi connectivity index (χ2n) is 6.41. The molecule has 1 aromatic carbocycles. The number of aromatic nitrogens is 4. The van der Waals surface area contributed by atoms with Crippen molar-refractivity contribution < 1.29 is 14.3 Å². The molecular weight excluding hydrogens is 374 g/mol. The van der Waals surface area contributed by atoms with Gasteiger partial charge in [-0.15, -0.1) is 0 Å². The molecule has 0 spiro atoms. The second-order valence-corrected chi connectivity index (χ2v) is 6.41. The van der Waals surface area contributed by atoms with Crippen molar-refractivity contribution in [2.75, 3.05) is 19.5 Å². The van der Waals surface area contributed by atoms with Crippen LogP contribution >= 0.6 is 0 Å². The third kappa shape index (κ3) is 4.45. The number of nitrogens with one attached hydrogen (secondary N) is 2. The number of H-pyrrole nitrogens is 1. The Bertz CT molecular complexity index is 1090. The van der Waals surface area contributed by atoms with Crippen LogP contribution in [0, 0.1) is 6.92 Å². The van der Waals surface area contributed by atoms with Gasteiger partial charge in [0.05, 0.1) is 25.5 Å². The molecule has 0 saturated carbocycles. The number of benzene rings is 1. The number of ether oxygens (including phenoxy) is 2. The molecule has 9 heteroatoms. The summed E-state index contributed by atoms with van der Waals surface area (Å²) in [5.41, 5.74) is 1.37. The van der Waals surface area contributed by atoms with E-state index in [0.29, 0.717) is 40.7 Å². The molecule has 1 amide bonds. The Morgan fingerprint density at radius 1 is 1.21 bits per heavy atom. The third-order valence-electron chi connectivity index (χ3n) is 4.22. The smallest absolute Gasteiger partial charge is 0.260 e. The van der Waals surface area contributed by atoms with E-state index in [2.05, 4.69) is 20.4 Å². The van der Waals surface area contributed by atoms with E-state index in [1.165, 1.54) is 25.0 Å². The first kappa shape index (κ1) is 20.1. The summed E-state index contributed by atoms with van der Waals surface area (Å²) in [6.07, 6.45) is 1.52. The molecule has 29 heavy (non-hydrogen) atoms. The maximum absolute atomic E-state index is 12.9. The molecule has 0 aliphatic rings. The molecule has 3 aromatic rings. The summed E-state index contributed by atoms with van der Waals surface area (Å²) in [6, 6.07) is 8.07. The highest BCUT2D eigenvalue weighted by Crippen LogP contribution is 2.26. The third-order valence-corrected chi connectivity index (χ3v) is 4.22. The number of rotatable bonds is 7. The van der Waals surface area contributed by atoms with Crippen molar-refractivity contribution in [3.05, 3.63) is 57.6 Å². The largest absolute Gasteiger partial charge is 0.497 e. The van der Waals surface area contributed by atoms with Crippen LogP contribution in [0.2, 0.25) is 0 Å². The standard InChI is InChI=1S/C20H23N5O4/c1-5-6-13-10-18(26)23-20(21-13)25-17(9-12(2)24-25)22-19(27)15-8-7-14(28-3)11-16(15)29-4/h7-11H,5-6H2,1-4H3,(H,22,27)(H,21,23,26). The first-order valence-corrected chi connectivity index (χ1v) is 9.15. The van der Waals surface area contributed by atoms with Crippen LogP contribution in [-0.2, 0) is 6.42 Å². The average Bonchev–Trinajstić information content (AvgIpc) is 3.07. The molecule has 0 fully saturated rings. The van der Waals surface area contributed by atoms with Crippen LogP contribution in [-0.4, -0.2) is 39.9 Å². The lowest BCUT2D eigenvalue weighted by atomic mass is 10.1. The van der Waals surface area contributed by atoms with Gasteiger partial charge >= 0.3 is 0 Å². The van der Waals surface area contributed by atoms with Gasteiger partial charge in [0.25, 0.3) is 11.5 Å². The van der Waals surface area contributed by atoms with Crippen LogP contribution in [0.4, 0.5) is 5.82 Å². The molecule has 2 aromatic heterocycles. The summed E-state index contributed by atoms with van der Waals surface area (Å²) < 4.78 is 11.9. The van der Waals surface area contributed by atoms with Crippen LogP contribution in [0.25, 0.3) is 5.95 Å². The zero-order chi connectivity index (χ0) is 21.0. The molecule has 0 radical (unpaired) electrons. The van der Waals surface area contributed by atoms with Crippen molar-refractivity contribution in [1.29, 1.82) is 0 Å². The Morgan fingerprint density at radius 3 is 2.69 bits per heavy atom. The Hall–Kier alpha value is -3.62. The average molecular weight is 397 g/mol. The molecule has 0 atom stereocenters. The number of methoxy groups -OCH3 is 2. The van der Waals surface area contributed by atoms with Gasteiger partial charge in [-0.25, -0.2) is 4.98 Å². The van der Waals surface area contributed by atoms with Crippen LogP contribution in [0.5, 0.6) is 11.5 Å². The summed E-state index contributed by atoms with van der Waals surface area (Å²) in [7, 11) is 3.02. The van der Waals surface area contributed by atoms with E-state index in [1.807, 2.05) is 6.92 Å². The fourth-order valence-electron chi connectivity index (χ4n) is 2.90. The van der Waals surface area contributed by atoms with Gasteiger partial charge in [-0.3, -0.25) is 14.6 Å². The van der Waals surface area contributed by atoms with E-state index < -0.39 is 5.91 Å². The number of aromatic amines is 1. The summed E-state index contributed by atoms with van der Waals surface area (Å²) in [5, 5.41) is 7.17. The summed E-state index contributed by atoms with van der Waals surface area (Å²) in [6.45, 7) is 3.79. The Morgan fingerprint density at radius 2 is 2.00 bits per heavy atom. The fourth-order valence-corrected chi connectivity index (χ4v) is 2.90. The van der Waals surface area contributed by atoms with Crippen molar-refractivity contribution in [3.8, 4) is 17.4 Å². The Balaban J connectivity index is 1.96. The summed E-state index contributed by atoms with van der Waals surface area (Å²) >= 11 is 0. The first-order chi connectivity index (χ1) is 13.9. The lowest BCUT2D eigenvalue weighted by molar-refractivity contribution is 0.102. The SMILES string of the molecule is CCCc1cc(=O)[nH]c(-n2nc(C)cc2NC(=O)c2ccc(OC)cc2OC)n1. The van der Waals surface area contributed by atoms with Gasteiger partial charge in [-0.1, -0.05) is 13.3 Å². The topological polar surface area (TPSA) is 111 Å². The maximum Gasteiger partial charge on any atom is 0.260 e. The van der Waals surface area contributed by atoms with Gasteiger partial charge in [0, 0.05) is 23.9 Å². The fraction of sp³-hybridized carbons (Fsp3) is 0.300. The number of amides is 1. The highest BCUT2D eigenvalue weighted by molar-refractivity contribution is 6.06. The number of carbonyl (C=O) groups is 1. The quantitative estimate of drug-likeness (QED) is 0.634. The number of carbonyl (C=O) groups excluding carboxylic acids is 1. The maximum atomic E-state index is 12.9. The lowest BCUT2D eigenvalue weighted by Crippen LogP contribution is -2.19. The van der Waals surface area contributed by atoms with Crippen molar-refractivity contribution >= 4 is 11.7 Å². The molecule has 152 valence electrons. The van der Waals surface area contributed by atoms with Crippen molar-refractivity contribution in [2.24, 2.45) is 0 Å². The number of hydrogen-bond acceptors (Lipinski definition) is 6. The Kier molecular flexibility index (Phi) is 5.96. The molecule has 2 heterocycles. The monoisotopic (exact) mass is 397 g/mol. The van der Waals surface area contributed by atoms with Gasteiger partial charge in [0.1, 0.15) is 17.3 Å². The molecule has 9 nitrogen and oxygen atoms in total. The molecule has 0 aliphatic carbocycles. The van der Waals surface area contributed by atoms with Crippen LogP contribution in [0.15, 0.2) is 35.1 Å². The highest BCUT2D eigenvalue weighted by atomic mass is 16.5. The van der Waals surface area contributed by atoms with E-state index in [9.17, 15) is 9.59 Å². The minimum atomic E-state index is -0.391. The van der Waals surface area contributed by atoms with Crippen molar-refractivity contribution in [1.82, 2.24) is 19.7 Å². The molecule has 0 aliphatic heterocycles. The lowest BCUT2D eigenvalue weighted by Gasteiger charge is -2.12. The first-order valence-electron chi connectivity index (χ1n) is 9.15. The van der Waals surface area contributed by atoms with E-state index in [0.717, 1.165) is 6.42 Å². The van der Waals surface area contributed by atoms with Crippen LogP contribution < -0.4 is 20.3 Å². The van der Waals surface area contributed by atoms with E-state index in [4.69, 9.17) is 9.47 Å². The van der Waals surface area contributed by atoms with Gasteiger partial charge in [-0.05, 0) is 25.5 Å². The molecular formula is C20H23N5O4. The Labute approximate surface area is 167 Å². The molecule has 0 unspecified atom stereocenters. The number of hydrogen-bond donors (Lipinski definition) is 2. The van der Waals surface area contributed by atoms with E-state index in [1.54, 1.807) is 31.2 Å². The number of aryl methyl sites for hydroxylation is 2. The summed E-state index contributed by atoms with van der Waals surface area (Å²) in [4.78, 5) is 32.0. The number of anilines is 1. The predicted octanol–water partition coefficient (Wildman–Crippen LogP) is 2.49. The molecule has 0 bridgehead atoms. The normalized spacial score (nSPS) is 10.6. The van der Waals surface area contributed by atoms with Crippen LogP contribution in [0.3, 0.4) is 0 Å². The van der Waals surface area contributed by atoms with Gasteiger partial charge in [-0.2, -0.15) is 9.78 Å². The van der Waals surface area contributed by atoms with Gasteiger partial charge in [0.2, 0.25) is 5.95 Å². The zero-order valence-electron chi connectivity index (χ0n) is 16.8. The molecule has 0 saturated heterocycles. The number of nitrogens with zero attached hydrogens (tertiary/aromatic N) is 3. The van der Waals surface area contributed by atoms with Crippen molar-refractivity contribution in [3.63, 3.8) is 0 Å². The van der Waals surface area contributed by atoms with Gasteiger partial charge < -0.3 is 14.8 Å². The van der Waals surface area contributed by atoms with Gasteiger partial charge in [0.15, 0.2) is 0 Å². The van der Waals surface area contributed by atoms with Crippen molar-refractivity contribution in [2.45, 2.75) is 26.7 Å². The van der Waals surface area contributed by atoms with E-state index in [-0.39, 0.29) is 11.5 Å². The minimum Gasteiger partial charge on any atom is -0.497 e. The molecule has 3 rings (SSSR count). The molecule has 2 N–H and O–H groups in total. The van der Waals surface area contributed by atoms with Crippen LogP contribution in [0.1, 0.15) is 35.1 Å². The minimum absolute atomic E-state index is 0.242. The summed E-state index contributed by atoms with van der Waals surface area (Å²) in [5.74, 6) is 1.18. The second kappa shape index (κ2) is 8.59. The zero-order valence-corrected chi connectivity index (χ0v) is 16.8. The predicted molar refractivity (Wildman–Crippen MR) is 108 cm³/mol. The highest BCUT2D eigenvalue weighted by Gasteiger charge is 2.18. The van der Waals surface area contributed by atoms with E-state index >= 15 is 0 Å².